The van der Waals surface area contributed by atoms with Gasteiger partial charge in [0.2, 0.25) is 0 Å². The number of aryl methyl sites for hydroxylation is 1. The van der Waals surface area contributed by atoms with Crippen LogP contribution in [-0.4, -0.2) is 24.6 Å². The minimum atomic E-state index is -0.964. The molecule has 0 N–H and O–H groups in total. The van der Waals surface area contributed by atoms with E-state index in [2.05, 4.69) is 5.16 Å². The average Bonchev–Trinajstić information content (AvgIpc) is 2.68. The molecule has 0 saturated heterocycles. The standard InChI is InChI=1S/C22H24FNO4/c1-3-27-22(26)20(14-17-8-10-19(23)11-9-17)21(25)12-13-24-28-15-18-6-4-16(2)5-7-18/h4-11,13,20H,3,12,14-15H2,1-2H3/b24-13-/t20-/m1/s1. The number of halogens is 1. The zero-order valence-corrected chi connectivity index (χ0v) is 16.1. The van der Waals surface area contributed by atoms with Gasteiger partial charge in [0.25, 0.3) is 0 Å². The maximum Gasteiger partial charge on any atom is 0.316 e. The summed E-state index contributed by atoms with van der Waals surface area (Å²) in [6, 6.07) is 13.5. The van der Waals surface area contributed by atoms with Gasteiger partial charge in [-0.25, -0.2) is 4.39 Å². The zero-order chi connectivity index (χ0) is 20.4. The van der Waals surface area contributed by atoms with E-state index in [1.807, 2.05) is 31.2 Å². The normalized spacial score (nSPS) is 12.0. The summed E-state index contributed by atoms with van der Waals surface area (Å²) in [7, 11) is 0. The van der Waals surface area contributed by atoms with Gasteiger partial charge in [-0.2, -0.15) is 0 Å². The summed E-state index contributed by atoms with van der Waals surface area (Å²) >= 11 is 0. The van der Waals surface area contributed by atoms with Crippen molar-refractivity contribution in [3.05, 3.63) is 71.0 Å². The molecule has 0 aliphatic carbocycles. The van der Waals surface area contributed by atoms with E-state index in [1.54, 1.807) is 19.1 Å². The van der Waals surface area contributed by atoms with Crippen molar-refractivity contribution in [2.24, 2.45) is 11.1 Å². The van der Waals surface area contributed by atoms with Crippen LogP contribution >= 0.6 is 0 Å². The molecule has 0 aromatic heterocycles. The number of ketones is 1. The molecule has 0 heterocycles. The Labute approximate surface area is 164 Å². The summed E-state index contributed by atoms with van der Waals surface area (Å²) in [5.74, 6) is -2.26. The van der Waals surface area contributed by atoms with Crippen molar-refractivity contribution in [1.29, 1.82) is 0 Å². The second-order valence-electron chi connectivity index (χ2n) is 6.35. The fraction of sp³-hybridized carbons (Fsp3) is 0.318. The summed E-state index contributed by atoms with van der Waals surface area (Å²) in [6.45, 7) is 4.15. The fourth-order valence-electron chi connectivity index (χ4n) is 2.55. The van der Waals surface area contributed by atoms with Gasteiger partial charge in [0.15, 0.2) is 5.78 Å². The SMILES string of the molecule is CCOC(=O)[C@H](Cc1ccc(F)cc1)C(=O)C/C=N\OCc1ccc(C)cc1. The van der Waals surface area contributed by atoms with E-state index in [1.165, 1.54) is 18.3 Å². The first-order valence-electron chi connectivity index (χ1n) is 9.12. The molecular formula is C22H24FNO4. The number of oxime groups is 1. The predicted molar refractivity (Wildman–Crippen MR) is 104 cm³/mol. The Morgan fingerprint density at radius 2 is 1.71 bits per heavy atom. The minimum absolute atomic E-state index is 0.0570. The lowest BCUT2D eigenvalue weighted by Gasteiger charge is -2.13. The Balaban J connectivity index is 1.90. The second-order valence-corrected chi connectivity index (χ2v) is 6.35. The van der Waals surface area contributed by atoms with Gasteiger partial charge in [-0.3, -0.25) is 9.59 Å². The van der Waals surface area contributed by atoms with Crippen molar-refractivity contribution in [2.45, 2.75) is 33.3 Å². The number of benzene rings is 2. The topological polar surface area (TPSA) is 65.0 Å². The number of hydrogen-bond acceptors (Lipinski definition) is 5. The smallest absolute Gasteiger partial charge is 0.316 e. The van der Waals surface area contributed by atoms with Crippen LogP contribution in [0.3, 0.4) is 0 Å². The maximum absolute atomic E-state index is 13.1. The summed E-state index contributed by atoms with van der Waals surface area (Å²) in [6.07, 6.45) is 1.43. The lowest BCUT2D eigenvalue weighted by molar-refractivity contribution is -0.151. The van der Waals surface area contributed by atoms with E-state index in [0.717, 1.165) is 11.1 Å². The maximum atomic E-state index is 13.1. The Morgan fingerprint density at radius 1 is 1.07 bits per heavy atom. The minimum Gasteiger partial charge on any atom is -0.465 e. The van der Waals surface area contributed by atoms with E-state index in [-0.39, 0.29) is 31.0 Å². The van der Waals surface area contributed by atoms with Crippen molar-refractivity contribution in [3.8, 4) is 0 Å². The monoisotopic (exact) mass is 385 g/mol. The second kappa shape index (κ2) is 11.0. The van der Waals surface area contributed by atoms with Crippen LogP contribution in [0.5, 0.6) is 0 Å². The van der Waals surface area contributed by atoms with Crippen molar-refractivity contribution in [1.82, 2.24) is 0 Å². The van der Waals surface area contributed by atoms with Gasteiger partial charge in [-0.05, 0) is 43.5 Å². The molecule has 2 rings (SSSR count). The molecule has 0 amide bonds. The van der Waals surface area contributed by atoms with Crippen LogP contribution in [-0.2, 0) is 32.2 Å². The van der Waals surface area contributed by atoms with Crippen LogP contribution in [0.25, 0.3) is 0 Å². The van der Waals surface area contributed by atoms with Gasteiger partial charge in [0.1, 0.15) is 18.3 Å². The summed E-state index contributed by atoms with van der Waals surface area (Å²) in [4.78, 5) is 29.8. The molecule has 2 aromatic rings. The van der Waals surface area contributed by atoms with Gasteiger partial charge >= 0.3 is 5.97 Å². The van der Waals surface area contributed by atoms with Gasteiger partial charge in [0.05, 0.1) is 12.8 Å². The predicted octanol–water partition coefficient (Wildman–Crippen LogP) is 4.02. The number of carbonyl (C=O) groups is 2. The highest BCUT2D eigenvalue weighted by Gasteiger charge is 2.27. The zero-order valence-electron chi connectivity index (χ0n) is 16.1. The largest absolute Gasteiger partial charge is 0.465 e. The fourth-order valence-corrected chi connectivity index (χ4v) is 2.55. The molecule has 0 radical (unpaired) electrons. The Hall–Kier alpha value is -3.02. The van der Waals surface area contributed by atoms with Crippen molar-refractivity contribution in [3.63, 3.8) is 0 Å². The third-order valence-corrected chi connectivity index (χ3v) is 4.11. The third kappa shape index (κ3) is 6.95. The van der Waals surface area contributed by atoms with E-state index in [9.17, 15) is 14.0 Å². The highest BCUT2D eigenvalue weighted by atomic mass is 19.1. The third-order valence-electron chi connectivity index (χ3n) is 4.11. The first kappa shape index (κ1) is 21.3. The van der Waals surface area contributed by atoms with Crippen molar-refractivity contribution in [2.75, 3.05) is 6.61 Å². The first-order chi connectivity index (χ1) is 13.5. The van der Waals surface area contributed by atoms with E-state index in [0.29, 0.717) is 12.2 Å². The quantitative estimate of drug-likeness (QED) is 0.268. The van der Waals surface area contributed by atoms with Crippen LogP contribution in [0.2, 0.25) is 0 Å². The van der Waals surface area contributed by atoms with Gasteiger partial charge in [0, 0.05) is 6.42 Å². The van der Waals surface area contributed by atoms with Crippen molar-refractivity contribution < 1.29 is 23.6 Å². The molecule has 0 unspecified atom stereocenters. The van der Waals surface area contributed by atoms with Gasteiger partial charge < -0.3 is 9.57 Å². The van der Waals surface area contributed by atoms with E-state index >= 15 is 0 Å². The Morgan fingerprint density at radius 3 is 2.36 bits per heavy atom. The number of hydrogen-bond donors (Lipinski definition) is 0. The Kier molecular flexibility index (Phi) is 8.34. The number of ether oxygens (including phenoxy) is 1. The summed E-state index contributed by atoms with van der Waals surface area (Å²) < 4.78 is 18.1. The molecular weight excluding hydrogens is 361 g/mol. The molecule has 0 saturated carbocycles. The van der Waals surface area contributed by atoms with Crippen LogP contribution in [0.4, 0.5) is 4.39 Å². The number of nitrogens with zero attached hydrogens (tertiary/aromatic N) is 1. The molecule has 0 aliphatic heterocycles. The van der Waals surface area contributed by atoms with Crippen LogP contribution in [0.1, 0.15) is 30.0 Å². The van der Waals surface area contributed by atoms with Gasteiger partial charge in [-0.1, -0.05) is 47.1 Å². The molecule has 0 fully saturated rings. The summed E-state index contributed by atoms with van der Waals surface area (Å²) in [5.41, 5.74) is 2.80. The van der Waals surface area contributed by atoms with Crippen LogP contribution in [0.15, 0.2) is 53.7 Å². The van der Waals surface area contributed by atoms with Gasteiger partial charge in [-0.15, -0.1) is 0 Å². The van der Waals surface area contributed by atoms with Crippen LogP contribution in [0, 0.1) is 18.7 Å². The van der Waals surface area contributed by atoms with E-state index < -0.39 is 11.9 Å². The molecule has 1 atom stereocenters. The molecule has 28 heavy (non-hydrogen) atoms. The number of esters is 1. The number of rotatable bonds is 10. The molecule has 5 nitrogen and oxygen atoms in total. The lowest BCUT2D eigenvalue weighted by Crippen LogP contribution is -2.28. The molecule has 148 valence electrons. The summed E-state index contributed by atoms with van der Waals surface area (Å²) in [5, 5.41) is 3.79. The Bertz CT molecular complexity index is 800. The molecule has 0 spiro atoms. The van der Waals surface area contributed by atoms with Crippen LogP contribution < -0.4 is 0 Å². The number of Topliss-reactive ketones (excluding diaryl/α,β-unsaturated/α-hetero) is 1. The highest BCUT2D eigenvalue weighted by Crippen LogP contribution is 2.14. The average molecular weight is 385 g/mol. The molecule has 2 aromatic carbocycles. The molecule has 6 heteroatoms. The highest BCUT2D eigenvalue weighted by molar-refractivity contribution is 6.04. The number of carbonyl (C=O) groups excluding carboxylic acids is 2. The molecule has 0 bridgehead atoms. The van der Waals surface area contributed by atoms with E-state index in [4.69, 9.17) is 9.57 Å². The molecule has 0 aliphatic rings. The van der Waals surface area contributed by atoms with Crippen molar-refractivity contribution >= 4 is 18.0 Å². The first-order valence-corrected chi connectivity index (χ1v) is 9.12. The lowest BCUT2D eigenvalue weighted by atomic mass is 9.94.